The van der Waals surface area contributed by atoms with Crippen LogP contribution in [0.5, 0.6) is 0 Å². The molecule has 0 unspecified atom stereocenters. The quantitative estimate of drug-likeness (QED) is 0.699. The molecule has 2 rings (SSSR count). The summed E-state index contributed by atoms with van der Waals surface area (Å²) < 4.78 is 14.0. The fraction of sp³-hybridized carbons (Fsp3) is 0.111. The fourth-order valence-corrected chi connectivity index (χ4v) is 2.52. The van der Waals surface area contributed by atoms with Crippen molar-refractivity contribution < 1.29 is 9.50 Å². The van der Waals surface area contributed by atoms with E-state index in [2.05, 4.69) is 12.6 Å². The maximum absolute atomic E-state index is 13.2. The molecule has 0 aliphatic heterocycles. The van der Waals surface area contributed by atoms with Crippen molar-refractivity contribution in [3.63, 3.8) is 0 Å². The first-order valence-electron chi connectivity index (χ1n) is 3.73. The Kier molecular flexibility index (Phi) is 2.27. The van der Waals surface area contributed by atoms with Crippen molar-refractivity contribution in [2.75, 3.05) is 0 Å². The van der Waals surface area contributed by atoms with Crippen LogP contribution >= 0.6 is 24.0 Å². The number of fused-ring (bicyclic) bond motifs is 1. The number of thiophene rings is 1. The molecule has 0 aliphatic rings. The molecule has 1 heterocycles. The predicted octanol–water partition coefficient (Wildman–Crippen LogP) is 2.82. The monoisotopic (exact) mass is 214 g/mol. The Morgan fingerprint density at radius 2 is 2.23 bits per heavy atom. The van der Waals surface area contributed by atoms with E-state index in [4.69, 9.17) is 5.11 Å². The molecule has 0 radical (unpaired) electrons. The van der Waals surface area contributed by atoms with Crippen LogP contribution in [-0.4, -0.2) is 5.11 Å². The normalized spacial score (nSPS) is 11.0. The van der Waals surface area contributed by atoms with E-state index >= 15 is 0 Å². The summed E-state index contributed by atoms with van der Waals surface area (Å²) in [5.41, 5.74) is 0.383. The minimum absolute atomic E-state index is 0.252. The smallest absolute Gasteiger partial charge is 0.183 e. The summed E-state index contributed by atoms with van der Waals surface area (Å²) in [6.07, 6.45) is 0. The van der Waals surface area contributed by atoms with Crippen LogP contribution in [0, 0.1) is 5.13 Å². The molecule has 68 valence electrons. The Balaban J connectivity index is 2.79. The van der Waals surface area contributed by atoms with Crippen molar-refractivity contribution in [2.24, 2.45) is 0 Å². The zero-order valence-corrected chi connectivity index (χ0v) is 8.33. The van der Waals surface area contributed by atoms with E-state index in [1.54, 1.807) is 18.2 Å². The molecule has 1 aromatic carbocycles. The van der Waals surface area contributed by atoms with E-state index in [1.165, 1.54) is 0 Å². The summed E-state index contributed by atoms with van der Waals surface area (Å²) in [5, 5.41) is 9.39. The average molecular weight is 214 g/mol. The molecular weight excluding hydrogens is 207 g/mol. The summed E-state index contributed by atoms with van der Waals surface area (Å²) >= 11 is 5.20. The highest BCUT2D eigenvalue weighted by Crippen LogP contribution is 2.31. The SMILES string of the molecule is OCc1c(F)sc2cc(S)ccc12. The highest BCUT2D eigenvalue weighted by atomic mass is 32.1. The molecule has 0 atom stereocenters. The lowest BCUT2D eigenvalue weighted by Crippen LogP contribution is -1.82. The van der Waals surface area contributed by atoms with E-state index in [1.807, 2.05) is 0 Å². The Bertz CT molecular complexity index is 450. The van der Waals surface area contributed by atoms with Crippen molar-refractivity contribution in [1.82, 2.24) is 0 Å². The summed E-state index contributed by atoms with van der Waals surface area (Å²) in [6.45, 7) is -0.252. The lowest BCUT2D eigenvalue weighted by Gasteiger charge is -1.94. The van der Waals surface area contributed by atoms with Gasteiger partial charge in [-0.3, -0.25) is 0 Å². The van der Waals surface area contributed by atoms with Crippen LogP contribution in [0.3, 0.4) is 0 Å². The standard InChI is InChI=1S/C9H7FOS2/c10-9-7(4-11)6-2-1-5(12)3-8(6)13-9/h1-3,11-12H,4H2. The van der Waals surface area contributed by atoms with E-state index in [-0.39, 0.29) is 11.7 Å². The molecule has 0 aliphatic carbocycles. The Morgan fingerprint density at radius 1 is 1.46 bits per heavy atom. The minimum atomic E-state index is -0.309. The number of thiol groups is 1. The maximum Gasteiger partial charge on any atom is 0.183 e. The summed E-state index contributed by atoms with van der Waals surface area (Å²) in [4.78, 5) is 0.804. The molecular formula is C9H7FOS2. The van der Waals surface area contributed by atoms with Gasteiger partial charge in [-0.05, 0) is 12.1 Å². The van der Waals surface area contributed by atoms with Gasteiger partial charge in [0.15, 0.2) is 5.13 Å². The molecule has 1 aromatic heterocycles. The fourth-order valence-electron chi connectivity index (χ4n) is 1.26. The molecule has 1 nitrogen and oxygen atoms in total. The van der Waals surface area contributed by atoms with Crippen molar-refractivity contribution in [3.8, 4) is 0 Å². The zero-order chi connectivity index (χ0) is 9.42. The molecule has 2 aromatic rings. The number of hydrogen-bond donors (Lipinski definition) is 2. The number of rotatable bonds is 1. The number of benzene rings is 1. The lowest BCUT2D eigenvalue weighted by atomic mass is 10.2. The van der Waals surface area contributed by atoms with Crippen molar-refractivity contribution >= 4 is 34.1 Å². The second-order valence-corrected chi connectivity index (χ2v) is 4.21. The second-order valence-electron chi connectivity index (χ2n) is 2.69. The van der Waals surface area contributed by atoms with Crippen molar-refractivity contribution in [3.05, 3.63) is 28.9 Å². The van der Waals surface area contributed by atoms with Gasteiger partial charge in [0.1, 0.15) is 0 Å². The Hall–Kier alpha value is -0.580. The first-order chi connectivity index (χ1) is 6.22. The van der Waals surface area contributed by atoms with Crippen molar-refractivity contribution in [2.45, 2.75) is 11.5 Å². The summed E-state index contributed by atoms with van der Waals surface area (Å²) in [5.74, 6) is 0. The summed E-state index contributed by atoms with van der Waals surface area (Å²) in [7, 11) is 0. The second kappa shape index (κ2) is 3.29. The third-order valence-electron chi connectivity index (χ3n) is 1.89. The highest BCUT2D eigenvalue weighted by Gasteiger charge is 2.10. The zero-order valence-electron chi connectivity index (χ0n) is 6.62. The van der Waals surface area contributed by atoms with E-state index in [0.29, 0.717) is 5.56 Å². The van der Waals surface area contributed by atoms with Crippen LogP contribution in [0.25, 0.3) is 10.1 Å². The van der Waals surface area contributed by atoms with Gasteiger partial charge in [0.2, 0.25) is 0 Å². The molecule has 1 N–H and O–H groups in total. The van der Waals surface area contributed by atoms with Crippen LogP contribution < -0.4 is 0 Å². The van der Waals surface area contributed by atoms with Gasteiger partial charge in [0.25, 0.3) is 0 Å². The van der Waals surface area contributed by atoms with E-state index in [9.17, 15) is 4.39 Å². The summed E-state index contributed by atoms with van der Waals surface area (Å²) in [6, 6.07) is 5.37. The van der Waals surface area contributed by atoms with Crippen LogP contribution in [0.15, 0.2) is 23.1 Å². The largest absolute Gasteiger partial charge is 0.392 e. The van der Waals surface area contributed by atoms with Gasteiger partial charge in [0.05, 0.1) is 6.61 Å². The maximum atomic E-state index is 13.2. The molecule has 13 heavy (non-hydrogen) atoms. The topological polar surface area (TPSA) is 20.2 Å². The molecule has 0 bridgehead atoms. The Morgan fingerprint density at radius 3 is 2.92 bits per heavy atom. The molecule has 0 fully saturated rings. The van der Waals surface area contributed by atoms with Gasteiger partial charge in [-0.15, -0.1) is 24.0 Å². The van der Waals surface area contributed by atoms with Gasteiger partial charge in [-0.2, -0.15) is 4.39 Å². The van der Waals surface area contributed by atoms with Crippen LogP contribution in [0.2, 0.25) is 0 Å². The molecule has 0 spiro atoms. The van der Waals surface area contributed by atoms with Gasteiger partial charge in [-0.1, -0.05) is 6.07 Å². The first-order valence-corrected chi connectivity index (χ1v) is 4.99. The highest BCUT2D eigenvalue weighted by molar-refractivity contribution is 7.80. The predicted molar refractivity (Wildman–Crippen MR) is 55.0 cm³/mol. The van der Waals surface area contributed by atoms with E-state index < -0.39 is 0 Å². The molecule has 4 heteroatoms. The average Bonchev–Trinajstić information content (AvgIpc) is 2.39. The van der Waals surface area contributed by atoms with Gasteiger partial charge in [0, 0.05) is 20.5 Å². The molecule has 0 amide bonds. The third kappa shape index (κ3) is 1.45. The lowest BCUT2D eigenvalue weighted by molar-refractivity contribution is 0.279. The van der Waals surface area contributed by atoms with Gasteiger partial charge < -0.3 is 5.11 Å². The number of aliphatic hydroxyl groups is 1. The number of halogens is 1. The third-order valence-corrected chi connectivity index (χ3v) is 3.15. The van der Waals surface area contributed by atoms with Crippen LogP contribution in [0.1, 0.15) is 5.56 Å². The van der Waals surface area contributed by atoms with Gasteiger partial charge in [-0.25, -0.2) is 0 Å². The van der Waals surface area contributed by atoms with Crippen LogP contribution in [-0.2, 0) is 6.61 Å². The van der Waals surface area contributed by atoms with Crippen molar-refractivity contribution in [1.29, 1.82) is 0 Å². The number of aliphatic hydroxyl groups excluding tert-OH is 1. The molecule has 0 saturated heterocycles. The van der Waals surface area contributed by atoms with E-state index in [0.717, 1.165) is 26.3 Å². The Labute approximate surface area is 84.2 Å². The molecule has 0 saturated carbocycles. The van der Waals surface area contributed by atoms with Gasteiger partial charge >= 0.3 is 0 Å². The first kappa shape index (κ1) is 8.99. The minimum Gasteiger partial charge on any atom is -0.392 e. The number of hydrogen-bond acceptors (Lipinski definition) is 3. The van der Waals surface area contributed by atoms with Crippen LogP contribution in [0.4, 0.5) is 4.39 Å².